The third kappa shape index (κ3) is 4.32. The summed E-state index contributed by atoms with van der Waals surface area (Å²) < 4.78 is 5.77. The van der Waals surface area contributed by atoms with Crippen LogP contribution in [-0.4, -0.2) is 11.0 Å². The Kier molecular flexibility index (Phi) is 5.15. The second-order valence-corrected chi connectivity index (χ2v) is 6.51. The zero-order valence-corrected chi connectivity index (χ0v) is 13.4. The zero-order chi connectivity index (χ0) is 14.5. The summed E-state index contributed by atoms with van der Waals surface area (Å²) in [6, 6.07) is 8.74. The van der Waals surface area contributed by atoms with Crippen LogP contribution in [0.2, 0.25) is 0 Å². The number of thiazole rings is 1. The molecule has 1 N–H and O–H groups in total. The predicted octanol–water partition coefficient (Wildman–Crippen LogP) is 3.84. The van der Waals surface area contributed by atoms with E-state index in [-0.39, 0.29) is 0 Å². The number of nitrogens with one attached hydrogen (secondary N) is 1. The van der Waals surface area contributed by atoms with Gasteiger partial charge >= 0.3 is 0 Å². The fourth-order valence-corrected chi connectivity index (χ4v) is 2.62. The van der Waals surface area contributed by atoms with E-state index < -0.39 is 0 Å². The minimum Gasteiger partial charge on any atom is -0.486 e. The van der Waals surface area contributed by atoms with E-state index in [4.69, 9.17) is 4.74 Å². The van der Waals surface area contributed by atoms with Gasteiger partial charge in [-0.25, -0.2) is 4.98 Å². The first-order chi connectivity index (χ1) is 9.54. The molecule has 1 heterocycles. The minimum absolute atomic E-state index is 0.502. The number of benzene rings is 1. The van der Waals surface area contributed by atoms with Crippen molar-refractivity contribution in [2.45, 2.75) is 46.9 Å². The fourth-order valence-electron chi connectivity index (χ4n) is 1.77. The Morgan fingerprint density at radius 3 is 2.45 bits per heavy atom. The normalized spacial score (nSPS) is 11.1. The van der Waals surface area contributed by atoms with Gasteiger partial charge in [-0.15, -0.1) is 11.3 Å². The maximum absolute atomic E-state index is 5.77. The molecule has 20 heavy (non-hydrogen) atoms. The van der Waals surface area contributed by atoms with Crippen molar-refractivity contribution < 1.29 is 4.74 Å². The Balaban J connectivity index is 1.87. The molecule has 2 rings (SSSR count). The van der Waals surface area contributed by atoms with Gasteiger partial charge in [-0.1, -0.05) is 26.0 Å². The molecule has 0 aliphatic rings. The number of hydrogen-bond donors (Lipinski definition) is 1. The van der Waals surface area contributed by atoms with E-state index >= 15 is 0 Å². The highest BCUT2D eigenvalue weighted by atomic mass is 32.1. The molecule has 0 aliphatic heterocycles. The van der Waals surface area contributed by atoms with Crippen LogP contribution in [0, 0.1) is 13.8 Å². The van der Waals surface area contributed by atoms with Gasteiger partial charge in [0.25, 0.3) is 0 Å². The number of aromatic nitrogens is 1. The van der Waals surface area contributed by atoms with Gasteiger partial charge in [0.15, 0.2) is 0 Å². The zero-order valence-electron chi connectivity index (χ0n) is 12.6. The van der Waals surface area contributed by atoms with Crippen molar-refractivity contribution in [2.75, 3.05) is 0 Å². The quantitative estimate of drug-likeness (QED) is 0.877. The summed E-state index contributed by atoms with van der Waals surface area (Å²) in [5, 5.41) is 4.43. The van der Waals surface area contributed by atoms with Crippen molar-refractivity contribution in [3.05, 3.63) is 45.4 Å². The Labute approximate surface area is 125 Å². The molecule has 0 bridgehead atoms. The molecule has 0 spiro atoms. The molecule has 4 heteroatoms. The number of ether oxygens (including phenoxy) is 1. The molecule has 0 unspecified atom stereocenters. The summed E-state index contributed by atoms with van der Waals surface area (Å²) >= 11 is 1.70. The summed E-state index contributed by atoms with van der Waals surface area (Å²) in [6.07, 6.45) is 0. The molecule has 0 atom stereocenters. The first-order valence-electron chi connectivity index (χ1n) is 6.92. The Morgan fingerprint density at radius 2 is 1.90 bits per heavy atom. The minimum atomic E-state index is 0.502. The number of aryl methyl sites for hydroxylation is 2. The summed E-state index contributed by atoms with van der Waals surface area (Å²) in [7, 11) is 0. The van der Waals surface area contributed by atoms with Crippen molar-refractivity contribution in [1.82, 2.24) is 10.3 Å². The van der Waals surface area contributed by atoms with Gasteiger partial charge in [0.1, 0.15) is 17.4 Å². The topological polar surface area (TPSA) is 34.1 Å². The monoisotopic (exact) mass is 290 g/mol. The van der Waals surface area contributed by atoms with Crippen molar-refractivity contribution in [3.63, 3.8) is 0 Å². The van der Waals surface area contributed by atoms with E-state index in [2.05, 4.69) is 43.2 Å². The molecular formula is C16H22N2OS. The maximum Gasteiger partial charge on any atom is 0.140 e. The van der Waals surface area contributed by atoms with Gasteiger partial charge in [-0.2, -0.15) is 0 Å². The number of nitrogens with zero attached hydrogens (tertiary/aromatic N) is 1. The predicted molar refractivity (Wildman–Crippen MR) is 84.3 cm³/mol. The van der Waals surface area contributed by atoms with E-state index in [1.54, 1.807) is 11.3 Å². The number of hydrogen-bond acceptors (Lipinski definition) is 4. The fraction of sp³-hybridized carbons (Fsp3) is 0.438. The van der Waals surface area contributed by atoms with Crippen LogP contribution in [0.5, 0.6) is 5.75 Å². The first-order valence-corrected chi connectivity index (χ1v) is 7.74. The standard InChI is InChI=1S/C16H22N2OS/c1-11(2)17-9-14-5-7-15(8-6-14)19-10-16-18-12(3)13(4)20-16/h5-8,11,17H,9-10H2,1-4H3. The third-order valence-electron chi connectivity index (χ3n) is 3.07. The molecular weight excluding hydrogens is 268 g/mol. The van der Waals surface area contributed by atoms with Gasteiger partial charge in [0, 0.05) is 17.5 Å². The van der Waals surface area contributed by atoms with Crippen LogP contribution in [0.4, 0.5) is 0 Å². The van der Waals surface area contributed by atoms with Crippen LogP contribution < -0.4 is 10.1 Å². The second kappa shape index (κ2) is 6.86. The summed E-state index contributed by atoms with van der Waals surface area (Å²) in [5.74, 6) is 0.892. The molecule has 1 aromatic carbocycles. The van der Waals surface area contributed by atoms with Gasteiger partial charge in [0.05, 0.1) is 5.69 Å². The van der Waals surface area contributed by atoms with Crippen molar-refractivity contribution >= 4 is 11.3 Å². The van der Waals surface area contributed by atoms with Gasteiger partial charge in [-0.05, 0) is 31.5 Å². The smallest absolute Gasteiger partial charge is 0.140 e. The van der Waals surface area contributed by atoms with Crippen LogP contribution in [0.25, 0.3) is 0 Å². The van der Waals surface area contributed by atoms with Crippen LogP contribution in [0.15, 0.2) is 24.3 Å². The van der Waals surface area contributed by atoms with Gasteiger partial charge in [0.2, 0.25) is 0 Å². The van der Waals surface area contributed by atoms with Crippen LogP contribution in [0.1, 0.15) is 35.0 Å². The average Bonchev–Trinajstić information content (AvgIpc) is 2.74. The highest BCUT2D eigenvalue weighted by Crippen LogP contribution is 2.19. The lowest BCUT2D eigenvalue weighted by Gasteiger charge is -2.09. The van der Waals surface area contributed by atoms with E-state index in [0.717, 1.165) is 23.0 Å². The van der Waals surface area contributed by atoms with E-state index in [1.165, 1.54) is 10.4 Å². The maximum atomic E-state index is 5.77. The van der Waals surface area contributed by atoms with Crippen molar-refractivity contribution in [1.29, 1.82) is 0 Å². The highest BCUT2D eigenvalue weighted by Gasteiger charge is 2.04. The van der Waals surface area contributed by atoms with Gasteiger partial charge in [-0.3, -0.25) is 0 Å². The molecule has 2 aromatic rings. The Morgan fingerprint density at radius 1 is 1.20 bits per heavy atom. The molecule has 108 valence electrons. The molecule has 0 fully saturated rings. The van der Waals surface area contributed by atoms with E-state index in [9.17, 15) is 0 Å². The Hall–Kier alpha value is -1.39. The average molecular weight is 290 g/mol. The molecule has 0 saturated heterocycles. The third-order valence-corrected chi connectivity index (χ3v) is 4.12. The Bertz CT molecular complexity index is 527. The number of rotatable bonds is 6. The van der Waals surface area contributed by atoms with Crippen LogP contribution in [-0.2, 0) is 13.2 Å². The lowest BCUT2D eigenvalue weighted by atomic mass is 10.2. The molecule has 0 aliphatic carbocycles. The molecule has 0 saturated carbocycles. The molecule has 0 radical (unpaired) electrons. The summed E-state index contributed by atoms with van der Waals surface area (Å²) in [6.45, 7) is 9.86. The van der Waals surface area contributed by atoms with Crippen molar-refractivity contribution in [2.24, 2.45) is 0 Å². The molecule has 0 amide bonds. The van der Waals surface area contributed by atoms with Crippen molar-refractivity contribution in [3.8, 4) is 5.75 Å². The first kappa shape index (κ1) is 15.0. The largest absolute Gasteiger partial charge is 0.486 e. The van der Waals surface area contributed by atoms with E-state index in [1.807, 2.05) is 19.1 Å². The summed E-state index contributed by atoms with van der Waals surface area (Å²) in [5.41, 5.74) is 2.37. The summed E-state index contributed by atoms with van der Waals surface area (Å²) in [4.78, 5) is 5.74. The van der Waals surface area contributed by atoms with E-state index in [0.29, 0.717) is 12.6 Å². The van der Waals surface area contributed by atoms with Crippen LogP contribution in [0.3, 0.4) is 0 Å². The molecule has 3 nitrogen and oxygen atoms in total. The lowest BCUT2D eigenvalue weighted by Crippen LogP contribution is -2.21. The second-order valence-electron chi connectivity index (χ2n) is 5.22. The van der Waals surface area contributed by atoms with Gasteiger partial charge < -0.3 is 10.1 Å². The highest BCUT2D eigenvalue weighted by molar-refractivity contribution is 7.11. The van der Waals surface area contributed by atoms with Crippen LogP contribution >= 0.6 is 11.3 Å². The molecule has 1 aromatic heterocycles. The lowest BCUT2D eigenvalue weighted by molar-refractivity contribution is 0.305. The SMILES string of the molecule is Cc1nc(COc2ccc(CNC(C)C)cc2)sc1C.